The summed E-state index contributed by atoms with van der Waals surface area (Å²) in [5, 5.41) is 0. The highest BCUT2D eigenvalue weighted by Gasteiger charge is 2.30. The van der Waals surface area contributed by atoms with Crippen LogP contribution in [0.2, 0.25) is 0 Å². The number of likely N-dealkylation sites (N-methyl/N-ethyl adjacent to an activating group) is 1. The number of anilines is 1. The first-order chi connectivity index (χ1) is 14.3. The number of carbonyl (C=O) groups excluding carboxylic acids is 1. The molecule has 1 heterocycles. The SMILES string of the molecule is COc1ccccc1N1CCN(C(=O)CN(C)Cc2ccc(C(F)(F)F)cc2)CC1. The molecule has 1 saturated heterocycles. The predicted octanol–water partition coefficient (Wildman–Crippen LogP) is 3.49. The lowest BCUT2D eigenvalue weighted by Gasteiger charge is -2.37. The predicted molar refractivity (Wildman–Crippen MR) is 110 cm³/mol. The molecule has 0 atom stereocenters. The number of hydrogen-bond acceptors (Lipinski definition) is 4. The third-order valence-corrected chi connectivity index (χ3v) is 5.20. The molecule has 8 heteroatoms. The normalized spacial score (nSPS) is 14.9. The van der Waals surface area contributed by atoms with Crippen LogP contribution in [0.15, 0.2) is 48.5 Å². The lowest BCUT2D eigenvalue weighted by atomic mass is 10.1. The number of amides is 1. The molecule has 0 aliphatic carbocycles. The largest absolute Gasteiger partial charge is 0.495 e. The number of ether oxygens (including phenoxy) is 1. The zero-order chi connectivity index (χ0) is 21.7. The van der Waals surface area contributed by atoms with Gasteiger partial charge in [0.1, 0.15) is 5.75 Å². The van der Waals surface area contributed by atoms with E-state index < -0.39 is 11.7 Å². The monoisotopic (exact) mass is 421 g/mol. The molecule has 2 aromatic rings. The standard InChI is InChI=1S/C22H26F3N3O2/c1-26(15-17-7-9-18(10-8-17)22(23,24)25)16-21(29)28-13-11-27(12-14-28)19-5-3-4-6-20(19)30-2/h3-10H,11-16H2,1-2H3. The first kappa shape index (κ1) is 22.0. The van der Waals surface area contributed by atoms with E-state index >= 15 is 0 Å². The van der Waals surface area contributed by atoms with Gasteiger partial charge in [0, 0.05) is 32.7 Å². The van der Waals surface area contributed by atoms with Gasteiger partial charge < -0.3 is 14.5 Å². The summed E-state index contributed by atoms with van der Waals surface area (Å²) < 4.78 is 43.4. The van der Waals surface area contributed by atoms with Crippen molar-refractivity contribution in [3.63, 3.8) is 0 Å². The lowest BCUT2D eigenvalue weighted by molar-refractivity contribution is -0.137. The number of rotatable bonds is 6. The van der Waals surface area contributed by atoms with Gasteiger partial charge in [0.15, 0.2) is 0 Å². The molecule has 5 nitrogen and oxygen atoms in total. The van der Waals surface area contributed by atoms with Crippen LogP contribution in [0.4, 0.5) is 18.9 Å². The number of methoxy groups -OCH3 is 1. The Balaban J connectivity index is 1.49. The van der Waals surface area contributed by atoms with Crippen molar-refractivity contribution in [2.45, 2.75) is 12.7 Å². The molecule has 1 fully saturated rings. The molecule has 1 aliphatic heterocycles. The van der Waals surface area contributed by atoms with Gasteiger partial charge in [-0.2, -0.15) is 13.2 Å². The van der Waals surface area contributed by atoms with E-state index in [2.05, 4.69) is 4.90 Å². The summed E-state index contributed by atoms with van der Waals surface area (Å²) in [5.74, 6) is 0.831. The number of hydrogen-bond donors (Lipinski definition) is 0. The van der Waals surface area contributed by atoms with Gasteiger partial charge in [0.2, 0.25) is 5.91 Å². The van der Waals surface area contributed by atoms with Gasteiger partial charge in [-0.25, -0.2) is 0 Å². The average Bonchev–Trinajstić information content (AvgIpc) is 2.73. The van der Waals surface area contributed by atoms with Crippen LogP contribution < -0.4 is 9.64 Å². The maximum Gasteiger partial charge on any atom is 0.416 e. The highest BCUT2D eigenvalue weighted by atomic mass is 19.4. The van der Waals surface area contributed by atoms with Crippen molar-refractivity contribution in [3.05, 3.63) is 59.7 Å². The minimum Gasteiger partial charge on any atom is -0.495 e. The van der Waals surface area contributed by atoms with Crippen molar-refractivity contribution in [2.75, 3.05) is 51.8 Å². The maximum atomic E-state index is 12.7. The first-order valence-corrected chi connectivity index (χ1v) is 9.78. The van der Waals surface area contributed by atoms with Crippen molar-refractivity contribution in [1.29, 1.82) is 0 Å². The number of benzene rings is 2. The fraction of sp³-hybridized carbons (Fsp3) is 0.409. The summed E-state index contributed by atoms with van der Waals surface area (Å²) in [6, 6.07) is 12.9. The minimum atomic E-state index is -4.34. The smallest absolute Gasteiger partial charge is 0.416 e. The number of nitrogens with zero attached hydrogens (tertiary/aromatic N) is 3. The lowest BCUT2D eigenvalue weighted by Crippen LogP contribution is -2.51. The van der Waals surface area contributed by atoms with Gasteiger partial charge in [-0.3, -0.25) is 9.69 Å². The molecule has 162 valence electrons. The summed E-state index contributed by atoms with van der Waals surface area (Å²) in [5.41, 5.74) is 1.09. The Hall–Kier alpha value is -2.74. The molecule has 0 saturated carbocycles. The molecule has 0 aromatic heterocycles. The first-order valence-electron chi connectivity index (χ1n) is 9.78. The summed E-state index contributed by atoms with van der Waals surface area (Å²) in [6.45, 7) is 3.29. The van der Waals surface area contributed by atoms with Gasteiger partial charge in [0.25, 0.3) is 0 Å². The van der Waals surface area contributed by atoms with E-state index in [1.165, 1.54) is 12.1 Å². The van der Waals surface area contributed by atoms with E-state index in [1.54, 1.807) is 14.2 Å². The Morgan fingerprint density at radius 1 is 1.03 bits per heavy atom. The maximum absolute atomic E-state index is 12.7. The van der Waals surface area contributed by atoms with Crippen LogP contribution >= 0.6 is 0 Å². The van der Waals surface area contributed by atoms with Gasteiger partial charge in [-0.15, -0.1) is 0 Å². The fourth-order valence-electron chi connectivity index (χ4n) is 3.59. The molecule has 1 aliphatic rings. The van der Waals surface area contributed by atoms with Crippen molar-refractivity contribution in [3.8, 4) is 5.75 Å². The Bertz CT molecular complexity index is 847. The van der Waals surface area contributed by atoms with Crippen molar-refractivity contribution in [1.82, 2.24) is 9.80 Å². The van der Waals surface area contributed by atoms with Crippen molar-refractivity contribution >= 4 is 11.6 Å². The molecule has 0 N–H and O–H groups in total. The van der Waals surface area contributed by atoms with Crippen LogP contribution in [0, 0.1) is 0 Å². The number of para-hydroxylation sites is 2. The molecule has 30 heavy (non-hydrogen) atoms. The van der Waals surface area contributed by atoms with E-state index in [1.807, 2.05) is 34.1 Å². The summed E-state index contributed by atoms with van der Waals surface area (Å²) >= 11 is 0. The van der Waals surface area contributed by atoms with Gasteiger partial charge in [-0.05, 0) is 36.9 Å². The minimum absolute atomic E-state index is 0.0177. The van der Waals surface area contributed by atoms with E-state index in [4.69, 9.17) is 4.74 Å². The van der Waals surface area contributed by atoms with Crippen LogP contribution in [0.25, 0.3) is 0 Å². The molecule has 3 rings (SSSR count). The Labute approximate surface area is 174 Å². The average molecular weight is 421 g/mol. The van der Waals surface area contributed by atoms with Gasteiger partial charge >= 0.3 is 6.18 Å². The number of piperazine rings is 1. The third kappa shape index (κ3) is 5.44. The molecular formula is C22H26F3N3O2. The summed E-state index contributed by atoms with van der Waals surface area (Å²) in [6.07, 6.45) is -4.34. The van der Waals surface area contributed by atoms with Crippen molar-refractivity contribution in [2.24, 2.45) is 0 Å². The Morgan fingerprint density at radius 2 is 1.67 bits per heavy atom. The van der Waals surface area contributed by atoms with E-state index in [0.717, 1.165) is 29.1 Å². The fourth-order valence-corrected chi connectivity index (χ4v) is 3.59. The molecule has 0 radical (unpaired) electrons. The van der Waals surface area contributed by atoms with Crippen LogP contribution in [0.1, 0.15) is 11.1 Å². The molecular weight excluding hydrogens is 395 g/mol. The van der Waals surface area contributed by atoms with Crippen LogP contribution in [0.5, 0.6) is 5.75 Å². The van der Waals surface area contributed by atoms with E-state index in [0.29, 0.717) is 32.7 Å². The second-order valence-corrected chi connectivity index (χ2v) is 7.41. The van der Waals surface area contributed by atoms with Crippen molar-refractivity contribution < 1.29 is 22.7 Å². The zero-order valence-corrected chi connectivity index (χ0v) is 17.2. The second kappa shape index (κ2) is 9.38. The highest BCUT2D eigenvalue weighted by molar-refractivity contribution is 5.78. The quantitative estimate of drug-likeness (QED) is 0.716. The number of alkyl halides is 3. The highest BCUT2D eigenvalue weighted by Crippen LogP contribution is 2.29. The van der Waals surface area contributed by atoms with Gasteiger partial charge in [0.05, 0.1) is 24.9 Å². The third-order valence-electron chi connectivity index (χ3n) is 5.20. The molecule has 0 bridgehead atoms. The van der Waals surface area contributed by atoms with Crippen LogP contribution in [-0.4, -0.2) is 62.6 Å². The molecule has 1 amide bonds. The van der Waals surface area contributed by atoms with Crippen LogP contribution in [-0.2, 0) is 17.5 Å². The number of halogens is 3. The van der Waals surface area contributed by atoms with E-state index in [-0.39, 0.29) is 12.5 Å². The summed E-state index contributed by atoms with van der Waals surface area (Å²) in [7, 11) is 3.44. The van der Waals surface area contributed by atoms with Gasteiger partial charge in [-0.1, -0.05) is 24.3 Å². The number of carbonyl (C=O) groups is 1. The molecule has 0 unspecified atom stereocenters. The van der Waals surface area contributed by atoms with E-state index in [9.17, 15) is 18.0 Å². The van der Waals surface area contributed by atoms with Crippen LogP contribution in [0.3, 0.4) is 0 Å². The second-order valence-electron chi connectivity index (χ2n) is 7.41. The molecule has 2 aromatic carbocycles. The topological polar surface area (TPSA) is 36.0 Å². The summed E-state index contributed by atoms with van der Waals surface area (Å²) in [4.78, 5) is 18.5. The zero-order valence-electron chi connectivity index (χ0n) is 17.2. The Kier molecular flexibility index (Phi) is 6.87. The molecule has 0 spiro atoms. The Morgan fingerprint density at radius 3 is 2.27 bits per heavy atom.